The molecular weight excluding hydrogens is 300 g/mol. The minimum atomic E-state index is 0.866. The van der Waals surface area contributed by atoms with Crippen LogP contribution in [0.25, 0.3) is 11.3 Å². The third kappa shape index (κ3) is 2.90. The number of benzene rings is 1. The molecule has 24 heavy (non-hydrogen) atoms. The van der Waals surface area contributed by atoms with Gasteiger partial charge in [0.1, 0.15) is 11.6 Å². The molecule has 0 atom stereocenters. The average molecular weight is 320 g/mol. The molecule has 1 aliphatic heterocycles. The first-order valence-electron chi connectivity index (χ1n) is 8.13. The number of imidazole rings is 1. The number of aromatic nitrogens is 3. The molecular formula is C19H20N4O. The Balaban J connectivity index is 1.52. The maximum atomic E-state index is 5.24. The molecule has 1 aliphatic rings. The number of rotatable bonds is 4. The molecule has 1 aromatic carbocycles. The molecule has 5 nitrogen and oxygen atoms in total. The first-order valence-corrected chi connectivity index (χ1v) is 8.13. The number of pyridine rings is 1. The van der Waals surface area contributed by atoms with E-state index in [1.807, 2.05) is 36.8 Å². The fraction of sp³-hybridized carbons (Fsp3) is 0.263. The van der Waals surface area contributed by atoms with Crippen molar-refractivity contribution in [3.8, 4) is 17.0 Å². The van der Waals surface area contributed by atoms with Gasteiger partial charge in [0.2, 0.25) is 0 Å². The highest BCUT2D eigenvalue weighted by molar-refractivity contribution is 5.60. The highest BCUT2D eigenvalue weighted by atomic mass is 16.5. The van der Waals surface area contributed by atoms with E-state index in [0.29, 0.717) is 0 Å². The van der Waals surface area contributed by atoms with Crippen LogP contribution in [0, 0.1) is 0 Å². The summed E-state index contributed by atoms with van der Waals surface area (Å²) in [5.41, 5.74) is 3.59. The molecule has 0 aliphatic carbocycles. The molecule has 0 saturated heterocycles. The van der Waals surface area contributed by atoms with E-state index in [-0.39, 0.29) is 0 Å². The van der Waals surface area contributed by atoms with E-state index < -0.39 is 0 Å². The smallest absolute Gasteiger partial charge is 0.123 e. The lowest BCUT2D eigenvalue weighted by molar-refractivity contribution is 0.209. The molecule has 0 fully saturated rings. The Morgan fingerprint density at radius 2 is 1.96 bits per heavy atom. The summed E-state index contributed by atoms with van der Waals surface area (Å²) in [5, 5.41) is 0. The van der Waals surface area contributed by atoms with Crippen molar-refractivity contribution in [1.82, 2.24) is 19.4 Å². The number of hydrogen-bond donors (Lipinski definition) is 0. The van der Waals surface area contributed by atoms with Crippen molar-refractivity contribution in [2.45, 2.75) is 19.6 Å². The van der Waals surface area contributed by atoms with E-state index in [2.05, 4.69) is 37.6 Å². The van der Waals surface area contributed by atoms with E-state index in [1.165, 1.54) is 16.8 Å². The van der Waals surface area contributed by atoms with Gasteiger partial charge in [0, 0.05) is 37.6 Å². The van der Waals surface area contributed by atoms with Gasteiger partial charge < -0.3 is 9.30 Å². The van der Waals surface area contributed by atoms with Crippen LogP contribution < -0.4 is 4.74 Å². The van der Waals surface area contributed by atoms with E-state index in [4.69, 9.17) is 4.74 Å². The van der Waals surface area contributed by atoms with Crippen molar-refractivity contribution in [1.29, 1.82) is 0 Å². The van der Waals surface area contributed by atoms with Crippen LogP contribution >= 0.6 is 0 Å². The van der Waals surface area contributed by atoms with Crippen LogP contribution in [0.1, 0.15) is 11.4 Å². The van der Waals surface area contributed by atoms with Gasteiger partial charge in [0.05, 0.1) is 25.5 Å². The van der Waals surface area contributed by atoms with Gasteiger partial charge in [-0.15, -0.1) is 0 Å². The Kier molecular flexibility index (Phi) is 4.01. The van der Waals surface area contributed by atoms with Gasteiger partial charge in [-0.3, -0.25) is 9.88 Å². The normalized spacial score (nSPS) is 14.4. The molecule has 5 heteroatoms. The Morgan fingerprint density at radius 3 is 2.71 bits per heavy atom. The zero-order valence-corrected chi connectivity index (χ0v) is 13.7. The maximum Gasteiger partial charge on any atom is 0.123 e. The third-order valence-corrected chi connectivity index (χ3v) is 4.46. The third-order valence-electron chi connectivity index (χ3n) is 4.46. The monoisotopic (exact) mass is 320 g/mol. The molecule has 0 spiro atoms. The summed E-state index contributed by atoms with van der Waals surface area (Å²) in [6.45, 7) is 3.75. The predicted molar refractivity (Wildman–Crippen MR) is 92.6 cm³/mol. The van der Waals surface area contributed by atoms with Crippen LogP contribution in [0.4, 0.5) is 0 Å². The second-order valence-corrected chi connectivity index (χ2v) is 6.01. The number of ether oxygens (including phenoxy) is 1. The second kappa shape index (κ2) is 6.45. The molecule has 0 bridgehead atoms. The molecule has 0 radical (unpaired) electrons. The van der Waals surface area contributed by atoms with Crippen molar-refractivity contribution in [2.24, 2.45) is 0 Å². The van der Waals surface area contributed by atoms with Crippen LogP contribution in [0.3, 0.4) is 0 Å². The van der Waals surface area contributed by atoms with Crippen LogP contribution in [0.2, 0.25) is 0 Å². The zero-order valence-electron chi connectivity index (χ0n) is 13.7. The summed E-state index contributed by atoms with van der Waals surface area (Å²) in [4.78, 5) is 11.3. The number of nitrogens with zero attached hydrogens (tertiary/aromatic N) is 4. The topological polar surface area (TPSA) is 43.2 Å². The van der Waals surface area contributed by atoms with Crippen LogP contribution in [-0.2, 0) is 19.6 Å². The van der Waals surface area contributed by atoms with Crippen molar-refractivity contribution in [3.63, 3.8) is 0 Å². The first kappa shape index (κ1) is 14.9. The average Bonchev–Trinajstić information content (AvgIpc) is 3.06. The van der Waals surface area contributed by atoms with Gasteiger partial charge in [-0.2, -0.15) is 0 Å². The van der Waals surface area contributed by atoms with Gasteiger partial charge in [-0.05, 0) is 35.9 Å². The van der Waals surface area contributed by atoms with Gasteiger partial charge in [-0.25, -0.2) is 4.98 Å². The van der Waals surface area contributed by atoms with Crippen LogP contribution in [0.5, 0.6) is 5.75 Å². The molecule has 0 unspecified atom stereocenters. The standard InChI is InChI=1S/C19H20N4O/c1-24-17-6-4-16(5-7-17)18-12-21-19-14-22(9-10-23(18)19)13-15-3-2-8-20-11-15/h2-8,11-12H,9-10,13-14H2,1H3. The number of hydrogen-bond acceptors (Lipinski definition) is 4. The summed E-state index contributed by atoms with van der Waals surface area (Å²) in [7, 11) is 1.69. The summed E-state index contributed by atoms with van der Waals surface area (Å²) < 4.78 is 7.56. The largest absolute Gasteiger partial charge is 0.497 e. The summed E-state index contributed by atoms with van der Waals surface area (Å²) >= 11 is 0. The molecule has 3 heterocycles. The number of methoxy groups -OCH3 is 1. The summed E-state index contributed by atoms with van der Waals surface area (Å²) in [6.07, 6.45) is 5.72. The second-order valence-electron chi connectivity index (χ2n) is 6.01. The van der Waals surface area contributed by atoms with Crippen molar-refractivity contribution >= 4 is 0 Å². The van der Waals surface area contributed by atoms with Crippen LogP contribution in [0.15, 0.2) is 55.0 Å². The molecule has 3 aromatic rings. The Bertz CT molecular complexity index is 811. The molecule has 122 valence electrons. The number of fused-ring (bicyclic) bond motifs is 1. The maximum absolute atomic E-state index is 5.24. The Labute approximate surface area is 141 Å². The zero-order chi connectivity index (χ0) is 16.4. The lowest BCUT2D eigenvalue weighted by Crippen LogP contribution is -2.33. The minimum Gasteiger partial charge on any atom is -0.497 e. The van der Waals surface area contributed by atoms with Crippen molar-refractivity contribution < 1.29 is 4.74 Å². The first-order chi connectivity index (χ1) is 11.8. The lowest BCUT2D eigenvalue weighted by atomic mass is 10.1. The summed E-state index contributed by atoms with van der Waals surface area (Å²) in [5.74, 6) is 2.00. The highest BCUT2D eigenvalue weighted by Crippen LogP contribution is 2.26. The SMILES string of the molecule is COc1ccc(-c2cnc3n2CCN(Cc2cccnc2)C3)cc1. The van der Waals surface area contributed by atoms with Gasteiger partial charge in [0.15, 0.2) is 0 Å². The molecule has 0 amide bonds. The molecule has 0 N–H and O–H groups in total. The Morgan fingerprint density at radius 1 is 1.08 bits per heavy atom. The summed E-state index contributed by atoms with van der Waals surface area (Å²) in [6, 6.07) is 12.3. The van der Waals surface area contributed by atoms with Gasteiger partial charge in [0.25, 0.3) is 0 Å². The van der Waals surface area contributed by atoms with Crippen molar-refractivity contribution in [3.05, 3.63) is 66.4 Å². The van der Waals surface area contributed by atoms with E-state index in [1.54, 1.807) is 7.11 Å². The van der Waals surface area contributed by atoms with E-state index in [0.717, 1.165) is 37.8 Å². The molecule has 0 saturated carbocycles. The Hall–Kier alpha value is -2.66. The predicted octanol–water partition coefficient (Wildman–Crippen LogP) is 2.97. The van der Waals surface area contributed by atoms with Gasteiger partial charge in [-0.1, -0.05) is 6.07 Å². The van der Waals surface area contributed by atoms with E-state index >= 15 is 0 Å². The fourth-order valence-electron chi connectivity index (χ4n) is 3.19. The highest BCUT2D eigenvalue weighted by Gasteiger charge is 2.20. The lowest BCUT2D eigenvalue weighted by Gasteiger charge is -2.28. The minimum absolute atomic E-state index is 0.866. The quantitative estimate of drug-likeness (QED) is 0.741. The van der Waals surface area contributed by atoms with E-state index in [9.17, 15) is 0 Å². The molecule has 2 aromatic heterocycles. The van der Waals surface area contributed by atoms with Crippen LogP contribution in [-0.4, -0.2) is 33.1 Å². The fourth-order valence-corrected chi connectivity index (χ4v) is 3.19. The van der Waals surface area contributed by atoms with Gasteiger partial charge >= 0.3 is 0 Å². The molecule has 4 rings (SSSR count). The van der Waals surface area contributed by atoms with Crippen molar-refractivity contribution in [2.75, 3.05) is 13.7 Å².